The first-order valence-electron chi connectivity index (χ1n) is 4.32. The third kappa shape index (κ3) is 2.90. The maximum atomic E-state index is 11.3. The number of nitrogens with zero attached hydrogens (tertiary/aromatic N) is 1. The first-order chi connectivity index (χ1) is 6.62. The van der Waals surface area contributed by atoms with Crippen LogP contribution in [0.2, 0.25) is 5.15 Å². The summed E-state index contributed by atoms with van der Waals surface area (Å²) >= 11 is 5.73. The molecule has 0 bridgehead atoms. The molecule has 0 aromatic carbocycles. The molecule has 6 heteroatoms. The topological polar surface area (TPSA) is 73.0 Å². The third-order valence-electron chi connectivity index (χ3n) is 1.84. The summed E-state index contributed by atoms with van der Waals surface area (Å²) in [7, 11) is -3.75. The van der Waals surface area contributed by atoms with E-state index < -0.39 is 15.4 Å². The zero-order valence-corrected chi connectivity index (χ0v) is 10.4. The molecule has 15 heavy (non-hydrogen) atoms. The van der Waals surface area contributed by atoms with Gasteiger partial charge in [0.1, 0.15) is 10.0 Å². The number of aromatic nitrogens is 1. The van der Waals surface area contributed by atoms with E-state index in [0.717, 1.165) is 0 Å². The lowest BCUT2D eigenvalue weighted by Gasteiger charge is -2.20. The standard InChI is InChI=1S/C9H13ClN2O2S/c1-9(2,3)8-6(15(11,13)14)4-5-7(10)12-8/h4-5H,1-3H3,(H2,11,13,14). The van der Waals surface area contributed by atoms with Crippen LogP contribution in [-0.4, -0.2) is 13.4 Å². The SMILES string of the molecule is CC(C)(C)c1nc(Cl)ccc1S(N)(=O)=O. The van der Waals surface area contributed by atoms with E-state index in [9.17, 15) is 8.42 Å². The molecule has 0 radical (unpaired) electrons. The van der Waals surface area contributed by atoms with Crippen LogP contribution in [0.1, 0.15) is 26.5 Å². The summed E-state index contributed by atoms with van der Waals surface area (Å²) in [4.78, 5) is 4.04. The Kier molecular flexibility index (Phi) is 3.09. The van der Waals surface area contributed by atoms with Gasteiger partial charge in [-0.25, -0.2) is 18.5 Å². The maximum Gasteiger partial charge on any atom is 0.239 e. The van der Waals surface area contributed by atoms with Gasteiger partial charge in [0, 0.05) is 5.41 Å². The van der Waals surface area contributed by atoms with Crippen molar-refractivity contribution in [3.8, 4) is 0 Å². The van der Waals surface area contributed by atoms with Gasteiger partial charge >= 0.3 is 0 Å². The second kappa shape index (κ2) is 3.73. The summed E-state index contributed by atoms with van der Waals surface area (Å²) in [5.41, 5.74) is -0.0374. The lowest BCUT2D eigenvalue weighted by Crippen LogP contribution is -2.22. The highest BCUT2D eigenvalue weighted by Crippen LogP contribution is 2.27. The molecule has 0 aliphatic rings. The summed E-state index contributed by atoms with van der Waals surface area (Å²) in [5, 5.41) is 5.35. The number of hydrogen-bond donors (Lipinski definition) is 1. The van der Waals surface area contributed by atoms with Crippen LogP contribution >= 0.6 is 11.6 Å². The molecule has 84 valence electrons. The number of hydrogen-bond acceptors (Lipinski definition) is 3. The quantitative estimate of drug-likeness (QED) is 0.769. The Morgan fingerprint density at radius 3 is 2.27 bits per heavy atom. The fourth-order valence-electron chi connectivity index (χ4n) is 1.19. The molecule has 0 unspecified atom stereocenters. The van der Waals surface area contributed by atoms with Crippen molar-refractivity contribution in [2.24, 2.45) is 5.14 Å². The smallest absolute Gasteiger partial charge is 0.239 e. The fourth-order valence-corrected chi connectivity index (χ4v) is 2.22. The molecule has 0 amide bonds. The molecular formula is C9H13ClN2O2S. The average molecular weight is 249 g/mol. The van der Waals surface area contributed by atoms with Gasteiger partial charge in [0.05, 0.1) is 5.69 Å². The molecule has 1 rings (SSSR count). The number of nitrogens with two attached hydrogens (primary N) is 1. The molecule has 0 saturated carbocycles. The Hall–Kier alpha value is -0.650. The van der Waals surface area contributed by atoms with Crippen molar-refractivity contribution in [3.05, 3.63) is 23.0 Å². The molecule has 0 spiro atoms. The zero-order chi connectivity index (χ0) is 11.9. The molecule has 0 fully saturated rings. The number of primary sulfonamides is 1. The van der Waals surface area contributed by atoms with Crippen LogP contribution in [0.5, 0.6) is 0 Å². The van der Waals surface area contributed by atoms with Gasteiger partial charge in [0.2, 0.25) is 10.0 Å². The first-order valence-corrected chi connectivity index (χ1v) is 6.24. The number of rotatable bonds is 1. The van der Waals surface area contributed by atoms with Crippen molar-refractivity contribution in [2.45, 2.75) is 31.1 Å². The van der Waals surface area contributed by atoms with Crippen molar-refractivity contribution in [1.29, 1.82) is 0 Å². The second-order valence-electron chi connectivity index (χ2n) is 4.28. The van der Waals surface area contributed by atoms with Gasteiger partial charge < -0.3 is 0 Å². The van der Waals surface area contributed by atoms with Crippen molar-refractivity contribution in [1.82, 2.24) is 4.98 Å². The predicted molar refractivity (Wildman–Crippen MR) is 59.3 cm³/mol. The molecule has 1 aromatic rings. The Morgan fingerprint density at radius 1 is 1.33 bits per heavy atom. The van der Waals surface area contributed by atoms with Crippen LogP contribution in [0.25, 0.3) is 0 Å². The fraction of sp³-hybridized carbons (Fsp3) is 0.444. The number of pyridine rings is 1. The van der Waals surface area contributed by atoms with Gasteiger partial charge in [-0.2, -0.15) is 0 Å². The molecule has 1 heterocycles. The predicted octanol–water partition coefficient (Wildman–Crippen LogP) is 1.68. The van der Waals surface area contributed by atoms with Gasteiger partial charge in [0.15, 0.2) is 0 Å². The molecule has 0 atom stereocenters. The van der Waals surface area contributed by atoms with Crippen LogP contribution in [0.4, 0.5) is 0 Å². The van der Waals surface area contributed by atoms with Gasteiger partial charge in [-0.3, -0.25) is 0 Å². The highest BCUT2D eigenvalue weighted by molar-refractivity contribution is 7.89. The maximum absolute atomic E-state index is 11.3. The molecule has 2 N–H and O–H groups in total. The lowest BCUT2D eigenvalue weighted by atomic mass is 9.92. The van der Waals surface area contributed by atoms with Crippen molar-refractivity contribution >= 4 is 21.6 Å². The van der Waals surface area contributed by atoms with Crippen LogP contribution in [0.15, 0.2) is 17.0 Å². The molecule has 0 aliphatic heterocycles. The summed E-state index contributed by atoms with van der Waals surface area (Å²) < 4.78 is 22.6. The van der Waals surface area contributed by atoms with Crippen molar-refractivity contribution < 1.29 is 8.42 Å². The second-order valence-corrected chi connectivity index (χ2v) is 6.19. The summed E-state index contributed by atoms with van der Waals surface area (Å²) in [6.45, 7) is 5.54. The van der Waals surface area contributed by atoms with Crippen LogP contribution < -0.4 is 5.14 Å². The van der Waals surface area contributed by atoms with E-state index in [1.165, 1.54) is 12.1 Å². The summed E-state index contributed by atoms with van der Waals surface area (Å²) in [6.07, 6.45) is 0. The van der Waals surface area contributed by atoms with Crippen LogP contribution in [-0.2, 0) is 15.4 Å². The van der Waals surface area contributed by atoms with E-state index in [2.05, 4.69) is 4.98 Å². The van der Waals surface area contributed by atoms with Gasteiger partial charge in [-0.1, -0.05) is 32.4 Å². The van der Waals surface area contributed by atoms with Crippen LogP contribution in [0.3, 0.4) is 0 Å². The highest BCUT2D eigenvalue weighted by atomic mass is 35.5. The Labute approximate surface area is 94.5 Å². The average Bonchev–Trinajstić information content (AvgIpc) is 2.00. The van der Waals surface area contributed by atoms with E-state index in [4.69, 9.17) is 16.7 Å². The van der Waals surface area contributed by atoms with E-state index in [1.807, 2.05) is 20.8 Å². The van der Waals surface area contributed by atoms with Crippen molar-refractivity contribution in [2.75, 3.05) is 0 Å². The Morgan fingerprint density at radius 2 is 1.87 bits per heavy atom. The molecule has 4 nitrogen and oxygen atoms in total. The number of sulfonamides is 1. The monoisotopic (exact) mass is 248 g/mol. The lowest BCUT2D eigenvalue weighted by molar-refractivity contribution is 0.543. The first kappa shape index (κ1) is 12.4. The molecule has 1 aromatic heterocycles. The van der Waals surface area contributed by atoms with E-state index in [1.54, 1.807) is 0 Å². The normalized spacial score (nSPS) is 12.9. The van der Waals surface area contributed by atoms with Gasteiger partial charge in [0.25, 0.3) is 0 Å². The molecule has 0 saturated heterocycles. The minimum Gasteiger partial charge on any atom is -0.239 e. The van der Waals surface area contributed by atoms with Gasteiger partial charge in [-0.05, 0) is 12.1 Å². The minimum atomic E-state index is -3.75. The summed E-state index contributed by atoms with van der Waals surface area (Å²) in [5.74, 6) is 0. The Bertz CT molecular complexity index is 477. The van der Waals surface area contributed by atoms with E-state index >= 15 is 0 Å². The molecular weight excluding hydrogens is 236 g/mol. The minimum absolute atomic E-state index is 0.0272. The summed E-state index contributed by atoms with van der Waals surface area (Å²) in [6, 6.07) is 2.79. The van der Waals surface area contributed by atoms with Crippen LogP contribution in [0, 0.1) is 0 Å². The highest BCUT2D eigenvalue weighted by Gasteiger charge is 2.25. The third-order valence-corrected chi connectivity index (χ3v) is 2.99. The van der Waals surface area contributed by atoms with E-state index in [-0.39, 0.29) is 10.0 Å². The molecule has 0 aliphatic carbocycles. The Balaban J connectivity index is 3.55. The van der Waals surface area contributed by atoms with E-state index in [0.29, 0.717) is 5.69 Å². The zero-order valence-electron chi connectivity index (χ0n) is 8.78. The number of halogens is 1. The van der Waals surface area contributed by atoms with Gasteiger partial charge in [-0.15, -0.1) is 0 Å². The largest absolute Gasteiger partial charge is 0.239 e. The van der Waals surface area contributed by atoms with Crippen molar-refractivity contribution in [3.63, 3.8) is 0 Å².